The second-order valence-electron chi connectivity index (χ2n) is 5.74. The predicted molar refractivity (Wildman–Crippen MR) is 92.7 cm³/mol. The zero-order valence-corrected chi connectivity index (χ0v) is 14.3. The second kappa shape index (κ2) is 8.02. The molecule has 1 aromatic heterocycles. The smallest absolute Gasteiger partial charge is 0.161 e. The molecule has 1 aliphatic rings. The minimum absolute atomic E-state index is 0.0301. The van der Waals surface area contributed by atoms with Crippen LogP contribution < -0.4 is 14.2 Å². The number of pyridine rings is 1. The fraction of sp³-hybridized carbons (Fsp3) is 0.421. The van der Waals surface area contributed by atoms with Crippen LogP contribution in [0.2, 0.25) is 0 Å². The van der Waals surface area contributed by atoms with Gasteiger partial charge in [0.1, 0.15) is 18.5 Å². The Kier molecular flexibility index (Phi) is 5.54. The molecule has 1 aromatic carbocycles. The first kappa shape index (κ1) is 16.6. The van der Waals surface area contributed by atoms with Gasteiger partial charge in [-0.15, -0.1) is 0 Å². The first-order valence-corrected chi connectivity index (χ1v) is 8.47. The van der Waals surface area contributed by atoms with Crippen LogP contribution in [0.1, 0.15) is 19.5 Å². The van der Waals surface area contributed by atoms with Gasteiger partial charge in [-0.25, -0.2) is 0 Å². The predicted octanol–water partition coefficient (Wildman–Crippen LogP) is 3.14. The molecule has 0 radical (unpaired) electrons. The second-order valence-corrected chi connectivity index (χ2v) is 5.74. The number of aromatic nitrogens is 1. The van der Waals surface area contributed by atoms with Gasteiger partial charge >= 0.3 is 0 Å². The first-order valence-electron chi connectivity index (χ1n) is 8.47. The molecular formula is C19H24N2O3. The quantitative estimate of drug-likeness (QED) is 0.781. The van der Waals surface area contributed by atoms with Gasteiger partial charge in [-0.3, -0.25) is 9.88 Å². The van der Waals surface area contributed by atoms with E-state index in [0.29, 0.717) is 13.2 Å². The number of hydrogen-bond donors (Lipinski definition) is 0. The zero-order valence-electron chi connectivity index (χ0n) is 14.3. The van der Waals surface area contributed by atoms with Crippen molar-refractivity contribution < 1.29 is 14.2 Å². The van der Waals surface area contributed by atoms with Crippen LogP contribution in [0.5, 0.6) is 17.2 Å². The van der Waals surface area contributed by atoms with E-state index in [-0.39, 0.29) is 6.10 Å². The Labute approximate surface area is 143 Å². The molecule has 24 heavy (non-hydrogen) atoms. The molecule has 1 aliphatic heterocycles. The van der Waals surface area contributed by atoms with Gasteiger partial charge < -0.3 is 14.2 Å². The van der Waals surface area contributed by atoms with Crippen molar-refractivity contribution in [2.24, 2.45) is 0 Å². The van der Waals surface area contributed by atoms with Crippen molar-refractivity contribution in [1.82, 2.24) is 9.88 Å². The number of nitrogens with zero attached hydrogens (tertiary/aromatic N) is 2. The Morgan fingerprint density at radius 1 is 1.17 bits per heavy atom. The number of likely N-dealkylation sites (N-methyl/N-ethyl adjacent to an activating group) is 1. The number of benzene rings is 1. The van der Waals surface area contributed by atoms with Crippen molar-refractivity contribution in [2.45, 2.75) is 26.5 Å². The highest BCUT2D eigenvalue weighted by molar-refractivity contribution is 5.40. The number of fused-ring (bicyclic) bond motifs is 1. The van der Waals surface area contributed by atoms with E-state index in [1.807, 2.05) is 43.3 Å². The molecule has 5 heteroatoms. The number of rotatable bonds is 7. The summed E-state index contributed by atoms with van der Waals surface area (Å²) in [6.45, 7) is 7.86. The van der Waals surface area contributed by atoms with Gasteiger partial charge in [0.05, 0.1) is 18.5 Å². The Balaban J connectivity index is 1.57. The summed E-state index contributed by atoms with van der Waals surface area (Å²) in [4.78, 5) is 6.79. The minimum atomic E-state index is 0.0301. The minimum Gasteiger partial charge on any atom is -0.492 e. The van der Waals surface area contributed by atoms with E-state index in [1.165, 1.54) is 0 Å². The summed E-state index contributed by atoms with van der Waals surface area (Å²) in [5, 5.41) is 0. The van der Waals surface area contributed by atoms with E-state index in [0.717, 1.165) is 42.6 Å². The van der Waals surface area contributed by atoms with Crippen LogP contribution in [0.4, 0.5) is 0 Å². The van der Waals surface area contributed by atoms with Crippen molar-refractivity contribution in [2.75, 3.05) is 26.3 Å². The van der Waals surface area contributed by atoms with E-state index in [2.05, 4.69) is 16.8 Å². The highest BCUT2D eigenvalue weighted by Gasteiger charge is 2.22. The number of hydrogen-bond acceptors (Lipinski definition) is 5. The average molecular weight is 328 g/mol. The van der Waals surface area contributed by atoms with E-state index >= 15 is 0 Å². The third kappa shape index (κ3) is 4.17. The number of para-hydroxylation sites is 2. The lowest BCUT2D eigenvalue weighted by Crippen LogP contribution is -2.40. The lowest BCUT2D eigenvalue weighted by atomic mass is 10.2. The third-order valence-corrected chi connectivity index (χ3v) is 3.97. The fourth-order valence-electron chi connectivity index (χ4n) is 2.73. The molecule has 0 N–H and O–H groups in total. The Morgan fingerprint density at radius 2 is 2.00 bits per heavy atom. The fourth-order valence-corrected chi connectivity index (χ4v) is 2.73. The van der Waals surface area contributed by atoms with Gasteiger partial charge in [0.25, 0.3) is 0 Å². The average Bonchev–Trinajstić information content (AvgIpc) is 2.63. The molecular weight excluding hydrogens is 304 g/mol. The molecule has 0 bridgehead atoms. The van der Waals surface area contributed by atoms with Gasteiger partial charge in [0.2, 0.25) is 0 Å². The van der Waals surface area contributed by atoms with Crippen molar-refractivity contribution in [3.63, 3.8) is 0 Å². The van der Waals surface area contributed by atoms with E-state index in [4.69, 9.17) is 14.2 Å². The molecule has 0 saturated carbocycles. The highest BCUT2D eigenvalue weighted by atomic mass is 16.6. The molecule has 0 saturated heterocycles. The van der Waals surface area contributed by atoms with E-state index in [1.54, 1.807) is 6.20 Å². The molecule has 5 nitrogen and oxygen atoms in total. The van der Waals surface area contributed by atoms with E-state index in [9.17, 15) is 0 Å². The van der Waals surface area contributed by atoms with Crippen molar-refractivity contribution in [3.05, 3.63) is 48.3 Å². The zero-order chi connectivity index (χ0) is 16.8. The maximum absolute atomic E-state index is 6.05. The lowest BCUT2D eigenvalue weighted by Gasteiger charge is -2.30. The summed E-state index contributed by atoms with van der Waals surface area (Å²) in [6.07, 6.45) is 1.81. The molecule has 0 unspecified atom stereocenters. The molecule has 0 spiro atoms. The molecule has 1 atom stereocenters. The van der Waals surface area contributed by atoms with Crippen molar-refractivity contribution in [1.29, 1.82) is 0 Å². The summed E-state index contributed by atoms with van der Waals surface area (Å²) >= 11 is 0. The van der Waals surface area contributed by atoms with Crippen LogP contribution in [0.25, 0.3) is 0 Å². The van der Waals surface area contributed by atoms with Crippen LogP contribution in [-0.2, 0) is 6.54 Å². The lowest BCUT2D eigenvalue weighted by molar-refractivity contribution is 0.0577. The van der Waals surface area contributed by atoms with Gasteiger partial charge in [0.15, 0.2) is 11.5 Å². The molecule has 2 heterocycles. The normalized spacial score (nSPS) is 16.2. The standard InChI is InChI=1S/C19H24N2O3/c1-3-21(12-15-9-10-16(11-20-15)22-4-2)13-17-14-23-18-7-5-6-8-19(18)24-17/h5-11,17H,3-4,12-14H2,1-2H3/t17-/m1/s1. The Morgan fingerprint density at radius 3 is 2.71 bits per heavy atom. The Hall–Kier alpha value is -2.27. The van der Waals surface area contributed by atoms with Crippen LogP contribution in [-0.4, -0.2) is 42.3 Å². The third-order valence-electron chi connectivity index (χ3n) is 3.97. The molecule has 0 amide bonds. The van der Waals surface area contributed by atoms with Gasteiger partial charge in [-0.05, 0) is 37.7 Å². The SMILES string of the molecule is CCOc1ccc(CN(CC)C[C@@H]2COc3ccccc3O2)nc1. The molecule has 3 rings (SSSR count). The summed E-state index contributed by atoms with van der Waals surface area (Å²) in [7, 11) is 0. The monoisotopic (exact) mass is 328 g/mol. The Bertz CT molecular complexity index is 645. The van der Waals surface area contributed by atoms with Gasteiger partial charge in [0, 0.05) is 13.1 Å². The summed E-state index contributed by atoms with van der Waals surface area (Å²) in [5.41, 5.74) is 1.03. The first-order chi connectivity index (χ1) is 11.8. The molecule has 2 aromatic rings. The van der Waals surface area contributed by atoms with E-state index < -0.39 is 0 Å². The topological polar surface area (TPSA) is 43.8 Å². The maximum Gasteiger partial charge on any atom is 0.161 e. The summed E-state index contributed by atoms with van der Waals surface area (Å²) in [5.74, 6) is 2.46. The summed E-state index contributed by atoms with van der Waals surface area (Å²) in [6, 6.07) is 11.8. The van der Waals surface area contributed by atoms with Gasteiger partial charge in [-0.2, -0.15) is 0 Å². The van der Waals surface area contributed by atoms with Gasteiger partial charge in [-0.1, -0.05) is 19.1 Å². The largest absolute Gasteiger partial charge is 0.492 e. The summed E-state index contributed by atoms with van der Waals surface area (Å²) < 4.78 is 17.3. The molecule has 0 fully saturated rings. The number of ether oxygens (including phenoxy) is 3. The highest BCUT2D eigenvalue weighted by Crippen LogP contribution is 2.31. The van der Waals surface area contributed by atoms with Crippen LogP contribution >= 0.6 is 0 Å². The van der Waals surface area contributed by atoms with Crippen molar-refractivity contribution in [3.8, 4) is 17.2 Å². The maximum atomic E-state index is 6.05. The van der Waals surface area contributed by atoms with Crippen molar-refractivity contribution >= 4 is 0 Å². The molecule has 128 valence electrons. The van der Waals surface area contributed by atoms with Crippen LogP contribution in [0.3, 0.4) is 0 Å². The molecule has 0 aliphatic carbocycles. The van der Waals surface area contributed by atoms with Crippen LogP contribution in [0, 0.1) is 0 Å². The van der Waals surface area contributed by atoms with Crippen LogP contribution in [0.15, 0.2) is 42.6 Å².